The van der Waals surface area contributed by atoms with Gasteiger partial charge < -0.3 is 19.9 Å². The number of aliphatic hydroxyl groups is 1. The standard InChI is InChI=1S/C17H27NO3/c1-3-17(2,13-19)18-11-14-6-8-15(9-7-14)21-12-16-5-4-10-20-16/h6-9,16,18-19H,3-5,10-13H2,1-2H3. The zero-order valence-electron chi connectivity index (χ0n) is 13.1. The third kappa shape index (κ3) is 4.99. The number of hydrogen-bond acceptors (Lipinski definition) is 4. The smallest absolute Gasteiger partial charge is 0.119 e. The van der Waals surface area contributed by atoms with Crippen molar-refractivity contribution < 1.29 is 14.6 Å². The van der Waals surface area contributed by atoms with Crippen molar-refractivity contribution in [3.63, 3.8) is 0 Å². The van der Waals surface area contributed by atoms with Crippen molar-refractivity contribution >= 4 is 0 Å². The highest BCUT2D eigenvalue weighted by atomic mass is 16.5. The molecule has 1 saturated heterocycles. The van der Waals surface area contributed by atoms with Crippen molar-refractivity contribution in [1.82, 2.24) is 5.32 Å². The van der Waals surface area contributed by atoms with E-state index in [-0.39, 0.29) is 18.2 Å². The number of aliphatic hydroxyl groups excluding tert-OH is 1. The number of hydrogen-bond donors (Lipinski definition) is 2. The average Bonchev–Trinajstić information content (AvgIpc) is 3.05. The van der Waals surface area contributed by atoms with Crippen LogP contribution in [-0.4, -0.2) is 36.6 Å². The Balaban J connectivity index is 1.78. The number of rotatable bonds is 8. The monoisotopic (exact) mass is 293 g/mol. The Bertz CT molecular complexity index is 409. The minimum atomic E-state index is -0.213. The van der Waals surface area contributed by atoms with Gasteiger partial charge in [-0.05, 0) is 43.9 Å². The van der Waals surface area contributed by atoms with Crippen molar-refractivity contribution in [2.24, 2.45) is 0 Å². The fourth-order valence-corrected chi connectivity index (χ4v) is 2.28. The molecule has 2 N–H and O–H groups in total. The molecule has 0 radical (unpaired) electrons. The highest BCUT2D eigenvalue weighted by Gasteiger charge is 2.19. The van der Waals surface area contributed by atoms with Gasteiger partial charge >= 0.3 is 0 Å². The van der Waals surface area contributed by atoms with Gasteiger partial charge in [-0.25, -0.2) is 0 Å². The average molecular weight is 293 g/mol. The molecular weight excluding hydrogens is 266 g/mol. The van der Waals surface area contributed by atoms with Crippen molar-refractivity contribution in [2.45, 2.75) is 51.3 Å². The molecule has 2 atom stereocenters. The summed E-state index contributed by atoms with van der Waals surface area (Å²) in [4.78, 5) is 0. The van der Waals surface area contributed by atoms with Gasteiger partial charge in [-0.1, -0.05) is 19.1 Å². The van der Waals surface area contributed by atoms with Crippen LogP contribution in [0.15, 0.2) is 24.3 Å². The molecule has 2 rings (SSSR count). The minimum Gasteiger partial charge on any atom is -0.491 e. The number of nitrogens with one attached hydrogen (secondary N) is 1. The molecule has 0 bridgehead atoms. The Morgan fingerprint density at radius 3 is 2.71 bits per heavy atom. The van der Waals surface area contributed by atoms with Crippen molar-refractivity contribution in [3.8, 4) is 5.75 Å². The lowest BCUT2D eigenvalue weighted by Gasteiger charge is -2.27. The fourth-order valence-electron chi connectivity index (χ4n) is 2.28. The lowest BCUT2D eigenvalue weighted by atomic mass is 10.00. The zero-order valence-corrected chi connectivity index (χ0v) is 13.1. The Labute approximate surface area is 127 Å². The summed E-state index contributed by atoms with van der Waals surface area (Å²) in [6, 6.07) is 8.11. The molecule has 2 unspecified atom stereocenters. The first-order chi connectivity index (χ1) is 10.1. The van der Waals surface area contributed by atoms with Gasteiger partial charge in [-0.15, -0.1) is 0 Å². The zero-order chi connectivity index (χ0) is 15.1. The van der Waals surface area contributed by atoms with Crippen LogP contribution in [0.1, 0.15) is 38.7 Å². The van der Waals surface area contributed by atoms with Crippen LogP contribution in [-0.2, 0) is 11.3 Å². The first-order valence-electron chi connectivity index (χ1n) is 7.84. The Hall–Kier alpha value is -1.10. The molecule has 1 aromatic carbocycles. The molecule has 4 heteroatoms. The molecule has 1 aromatic rings. The van der Waals surface area contributed by atoms with E-state index in [4.69, 9.17) is 9.47 Å². The van der Waals surface area contributed by atoms with Crippen LogP contribution in [0.5, 0.6) is 5.75 Å². The van der Waals surface area contributed by atoms with E-state index in [1.807, 2.05) is 19.1 Å². The van der Waals surface area contributed by atoms with Gasteiger partial charge in [0.25, 0.3) is 0 Å². The topological polar surface area (TPSA) is 50.7 Å². The van der Waals surface area contributed by atoms with Crippen LogP contribution in [0.2, 0.25) is 0 Å². The van der Waals surface area contributed by atoms with Crippen molar-refractivity contribution in [2.75, 3.05) is 19.8 Å². The van der Waals surface area contributed by atoms with E-state index in [9.17, 15) is 5.11 Å². The van der Waals surface area contributed by atoms with E-state index in [2.05, 4.69) is 24.4 Å². The van der Waals surface area contributed by atoms with Crippen LogP contribution < -0.4 is 10.1 Å². The molecule has 0 aliphatic carbocycles. The normalized spacial score (nSPS) is 21.2. The van der Waals surface area contributed by atoms with E-state index in [1.165, 1.54) is 5.56 Å². The first-order valence-corrected chi connectivity index (χ1v) is 7.84. The van der Waals surface area contributed by atoms with E-state index in [0.29, 0.717) is 6.61 Å². The Morgan fingerprint density at radius 2 is 2.14 bits per heavy atom. The van der Waals surface area contributed by atoms with E-state index < -0.39 is 0 Å². The third-order valence-electron chi connectivity index (χ3n) is 4.23. The molecule has 0 aromatic heterocycles. The predicted molar refractivity (Wildman–Crippen MR) is 83.5 cm³/mol. The quantitative estimate of drug-likeness (QED) is 0.773. The molecule has 1 fully saturated rings. The molecule has 1 aliphatic rings. The summed E-state index contributed by atoms with van der Waals surface area (Å²) in [7, 11) is 0. The van der Waals surface area contributed by atoms with E-state index >= 15 is 0 Å². The molecule has 0 spiro atoms. The highest BCUT2D eigenvalue weighted by molar-refractivity contribution is 5.27. The molecule has 118 valence electrons. The van der Waals surface area contributed by atoms with Gasteiger partial charge in [-0.3, -0.25) is 0 Å². The molecule has 1 heterocycles. The molecule has 4 nitrogen and oxygen atoms in total. The van der Waals surface area contributed by atoms with Gasteiger partial charge in [0.05, 0.1) is 12.7 Å². The van der Waals surface area contributed by atoms with Gasteiger partial charge in [0, 0.05) is 18.7 Å². The summed E-state index contributed by atoms with van der Waals surface area (Å²) in [6.07, 6.45) is 3.38. The third-order valence-corrected chi connectivity index (χ3v) is 4.23. The molecule has 21 heavy (non-hydrogen) atoms. The van der Waals surface area contributed by atoms with Crippen molar-refractivity contribution in [3.05, 3.63) is 29.8 Å². The predicted octanol–water partition coefficient (Wildman–Crippen LogP) is 2.50. The van der Waals surface area contributed by atoms with Gasteiger partial charge in [0.1, 0.15) is 12.4 Å². The fraction of sp³-hybridized carbons (Fsp3) is 0.647. The molecular formula is C17H27NO3. The maximum absolute atomic E-state index is 9.39. The second-order valence-electron chi connectivity index (χ2n) is 6.02. The lowest BCUT2D eigenvalue weighted by molar-refractivity contribution is 0.0679. The van der Waals surface area contributed by atoms with Crippen LogP contribution in [0, 0.1) is 0 Å². The minimum absolute atomic E-state index is 0.145. The summed E-state index contributed by atoms with van der Waals surface area (Å²) in [5.41, 5.74) is 0.974. The first kappa shape index (κ1) is 16.3. The maximum atomic E-state index is 9.39. The summed E-state index contributed by atoms with van der Waals surface area (Å²) in [5.74, 6) is 0.884. The molecule has 0 saturated carbocycles. The molecule has 1 aliphatic heterocycles. The number of benzene rings is 1. The Morgan fingerprint density at radius 1 is 1.38 bits per heavy atom. The van der Waals surface area contributed by atoms with Crippen LogP contribution in [0.25, 0.3) is 0 Å². The summed E-state index contributed by atoms with van der Waals surface area (Å²) in [6.45, 7) is 6.50. The number of ether oxygens (including phenoxy) is 2. The van der Waals surface area contributed by atoms with Crippen LogP contribution >= 0.6 is 0 Å². The summed E-state index contributed by atoms with van der Waals surface area (Å²) < 4.78 is 11.3. The largest absolute Gasteiger partial charge is 0.491 e. The van der Waals surface area contributed by atoms with Crippen molar-refractivity contribution in [1.29, 1.82) is 0 Å². The van der Waals surface area contributed by atoms with Crippen LogP contribution in [0.4, 0.5) is 0 Å². The summed E-state index contributed by atoms with van der Waals surface area (Å²) in [5, 5.41) is 12.8. The second-order valence-corrected chi connectivity index (χ2v) is 6.02. The van der Waals surface area contributed by atoms with E-state index in [0.717, 1.165) is 38.2 Å². The second kappa shape index (κ2) is 7.78. The Kier molecular flexibility index (Phi) is 6.03. The lowest BCUT2D eigenvalue weighted by Crippen LogP contribution is -2.44. The van der Waals surface area contributed by atoms with Gasteiger partial charge in [0.15, 0.2) is 0 Å². The van der Waals surface area contributed by atoms with Gasteiger partial charge in [-0.2, -0.15) is 0 Å². The van der Waals surface area contributed by atoms with E-state index in [1.54, 1.807) is 0 Å². The SMILES string of the molecule is CCC(C)(CO)NCc1ccc(OCC2CCCO2)cc1. The van der Waals surface area contributed by atoms with Crippen LogP contribution in [0.3, 0.4) is 0 Å². The molecule has 0 amide bonds. The van der Waals surface area contributed by atoms with Gasteiger partial charge in [0.2, 0.25) is 0 Å². The maximum Gasteiger partial charge on any atom is 0.119 e. The summed E-state index contributed by atoms with van der Waals surface area (Å²) >= 11 is 0. The highest BCUT2D eigenvalue weighted by Crippen LogP contribution is 2.17.